The zero-order valence-corrected chi connectivity index (χ0v) is 13.5. The Balaban J connectivity index is 2.22. The minimum Gasteiger partial charge on any atom is -0.310 e. The first-order valence-electron chi connectivity index (χ1n) is 7.03. The summed E-state index contributed by atoms with van der Waals surface area (Å²) in [4.78, 5) is 0. The van der Waals surface area contributed by atoms with Crippen molar-refractivity contribution in [1.82, 2.24) is 5.32 Å². The normalized spacial score (nSPS) is 12.4. The van der Waals surface area contributed by atoms with Crippen LogP contribution in [0.3, 0.4) is 0 Å². The van der Waals surface area contributed by atoms with E-state index < -0.39 is 0 Å². The first kappa shape index (κ1) is 16.1. The first-order valence-corrected chi connectivity index (χ1v) is 7.82. The average Bonchev–Trinajstić information content (AvgIpc) is 2.46. The third-order valence-corrected chi connectivity index (χ3v) is 3.92. The Kier molecular flexibility index (Phi) is 5.88. The highest BCUT2D eigenvalue weighted by Crippen LogP contribution is 2.24. The van der Waals surface area contributed by atoms with Gasteiger partial charge in [0.25, 0.3) is 0 Å². The second kappa shape index (κ2) is 7.66. The summed E-state index contributed by atoms with van der Waals surface area (Å²) in [5.41, 5.74) is 1.91. The third kappa shape index (κ3) is 4.61. The molecule has 1 unspecified atom stereocenters. The second-order valence-corrected chi connectivity index (χ2v) is 5.87. The molecular formula is C17H18BrF2N. The highest BCUT2D eigenvalue weighted by Gasteiger charge is 2.13. The molecule has 1 N–H and O–H groups in total. The zero-order valence-electron chi connectivity index (χ0n) is 11.9. The van der Waals surface area contributed by atoms with Gasteiger partial charge < -0.3 is 5.32 Å². The fourth-order valence-electron chi connectivity index (χ4n) is 2.26. The van der Waals surface area contributed by atoms with Gasteiger partial charge in [0.1, 0.15) is 11.6 Å². The Morgan fingerprint density at radius 3 is 2.62 bits per heavy atom. The van der Waals surface area contributed by atoms with Gasteiger partial charge in [-0.2, -0.15) is 0 Å². The van der Waals surface area contributed by atoms with Crippen molar-refractivity contribution in [2.75, 3.05) is 6.54 Å². The van der Waals surface area contributed by atoms with Crippen molar-refractivity contribution in [1.29, 1.82) is 0 Å². The maximum absolute atomic E-state index is 13.4. The van der Waals surface area contributed by atoms with E-state index in [1.54, 1.807) is 24.3 Å². The van der Waals surface area contributed by atoms with E-state index >= 15 is 0 Å². The van der Waals surface area contributed by atoms with E-state index in [4.69, 9.17) is 0 Å². The Morgan fingerprint density at radius 2 is 1.95 bits per heavy atom. The third-order valence-electron chi connectivity index (χ3n) is 3.32. The van der Waals surface area contributed by atoms with Gasteiger partial charge in [0.2, 0.25) is 0 Å². The summed E-state index contributed by atoms with van der Waals surface area (Å²) in [6, 6.07) is 11.6. The van der Waals surface area contributed by atoms with Crippen molar-refractivity contribution >= 4 is 15.9 Å². The van der Waals surface area contributed by atoms with E-state index in [1.165, 1.54) is 12.1 Å². The van der Waals surface area contributed by atoms with Crippen molar-refractivity contribution in [3.05, 3.63) is 69.7 Å². The zero-order chi connectivity index (χ0) is 15.2. The molecule has 0 aliphatic heterocycles. The van der Waals surface area contributed by atoms with Crippen LogP contribution in [0.25, 0.3) is 0 Å². The molecule has 0 spiro atoms. The standard InChI is InChI=1S/C17H18BrF2N/c1-2-8-21-17(10-12-4-3-5-14(19)9-12)13-6-7-16(20)15(18)11-13/h3-7,9,11,17,21H,2,8,10H2,1H3. The van der Waals surface area contributed by atoms with E-state index in [9.17, 15) is 8.78 Å². The monoisotopic (exact) mass is 353 g/mol. The van der Waals surface area contributed by atoms with Crippen LogP contribution in [0.2, 0.25) is 0 Å². The van der Waals surface area contributed by atoms with Crippen molar-refractivity contribution < 1.29 is 8.78 Å². The second-order valence-electron chi connectivity index (χ2n) is 5.01. The molecule has 2 aromatic rings. The Morgan fingerprint density at radius 1 is 1.14 bits per heavy atom. The summed E-state index contributed by atoms with van der Waals surface area (Å²) in [7, 11) is 0. The molecule has 2 rings (SSSR count). The van der Waals surface area contributed by atoms with Crippen LogP contribution in [-0.2, 0) is 6.42 Å². The van der Waals surface area contributed by atoms with E-state index in [-0.39, 0.29) is 17.7 Å². The molecule has 1 atom stereocenters. The summed E-state index contributed by atoms with van der Waals surface area (Å²) in [5, 5.41) is 3.43. The average molecular weight is 354 g/mol. The Labute approximate surface area is 132 Å². The number of nitrogens with one attached hydrogen (secondary N) is 1. The number of halogens is 3. The van der Waals surface area contributed by atoms with E-state index in [0.29, 0.717) is 10.9 Å². The molecule has 0 aromatic heterocycles. The molecule has 0 fully saturated rings. The molecular weight excluding hydrogens is 336 g/mol. The topological polar surface area (TPSA) is 12.0 Å². The number of benzene rings is 2. The lowest BCUT2D eigenvalue weighted by Gasteiger charge is -2.19. The van der Waals surface area contributed by atoms with Gasteiger partial charge in [-0.3, -0.25) is 0 Å². The minimum atomic E-state index is -0.279. The van der Waals surface area contributed by atoms with Crippen LogP contribution in [0.4, 0.5) is 8.78 Å². The molecule has 4 heteroatoms. The van der Waals surface area contributed by atoms with E-state index in [1.807, 2.05) is 6.07 Å². The Hall–Kier alpha value is -1.26. The van der Waals surface area contributed by atoms with Crippen LogP contribution in [-0.4, -0.2) is 6.54 Å². The first-order chi connectivity index (χ1) is 10.1. The fourth-order valence-corrected chi connectivity index (χ4v) is 2.65. The van der Waals surface area contributed by atoms with Crippen LogP contribution in [0.1, 0.15) is 30.5 Å². The molecule has 0 saturated carbocycles. The van der Waals surface area contributed by atoms with Crippen LogP contribution in [0.5, 0.6) is 0 Å². The number of hydrogen-bond acceptors (Lipinski definition) is 1. The van der Waals surface area contributed by atoms with Gasteiger partial charge in [0, 0.05) is 6.04 Å². The summed E-state index contributed by atoms with van der Waals surface area (Å²) >= 11 is 3.22. The fraction of sp³-hybridized carbons (Fsp3) is 0.294. The lowest BCUT2D eigenvalue weighted by atomic mass is 9.98. The molecule has 0 saturated heterocycles. The summed E-state index contributed by atoms with van der Waals surface area (Å²) < 4.78 is 27.1. The molecule has 2 aromatic carbocycles. The van der Waals surface area contributed by atoms with Crippen LogP contribution >= 0.6 is 15.9 Å². The van der Waals surface area contributed by atoms with E-state index in [0.717, 1.165) is 24.1 Å². The van der Waals surface area contributed by atoms with Crippen molar-refractivity contribution in [3.63, 3.8) is 0 Å². The maximum Gasteiger partial charge on any atom is 0.137 e. The smallest absolute Gasteiger partial charge is 0.137 e. The molecule has 112 valence electrons. The van der Waals surface area contributed by atoms with Crippen LogP contribution < -0.4 is 5.32 Å². The molecule has 0 heterocycles. The lowest BCUT2D eigenvalue weighted by molar-refractivity contribution is 0.525. The van der Waals surface area contributed by atoms with E-state index in [2.05, 4.69) is 28.2 Å². The number of rotatable bonds is 6. The van der Waals surface area contributed by atoms with Crippen molar-refractivity contribution in [2.24, 2.45) is 0 Å². The number of hydrogen-bond donors (Lipinski definition) is 1. The van der Waals surface area contributed by atoms with Crippen LogP contribution in [0.15, 0.2) is 46.9 Å². The van der Waals surface area contributed by atoms with Gasteiger partial charge in [-0.25, -0.2) is 8.78 Å². The largest absolute Gasteiger partial charge is 0.310 e. The maximum atomic E-state index is 13.4. The SMILES string of the molecule is CCCNC(Cc1cccc(F)c1)c1ccc(F)c(Br)c1. The van der Waals surface area contributed by atoms with Crippen molar-refractivity contribution in [3.8, 4) is 0 Å². The van der Waals surface area contributed by atoms with Gasteiger partial charge in [-0.1, -0.05) is 25.1 Å². The lowest BCUT2D eigenvalue weighted by Crippen LogP contribution is -2.24. The molecule has 0 aliphatic carbocycles. The molecule has 0 aliphatic rings. The highest BCUT2D eigenvalue weighted by molar-refractivity contribution is 9.10. The molecule has 21 heavy (non-hydrogen) atoms. The summed E-state index contributed by atoms with van der Waals surface area (Å²) in [6.45, 7) is 2.95. The predicted molar refractivity (Wildman–Crippen MR) is 85.2 cm³/mol. The minimum absolute atomic E-state index is 0.0312. The molecule has 0 bridgehead atoms. The molecule has 1 nitrogen and oxygen atoms in total. The van der Waals surface area contributed by atoms with Gasteiger partial charge in [-0.05, 0) is 70.7 Å². The predicted octanol–water partition coefficient (Wildman–Crippen LogP) is 5.01. The van der Waals surface area contributed by atoms with Gasteiger partial charge in [0.15, 0.2) is 0 Å². The molecule has 0 radical (unpaired) electrons. The summed E-state index contributed by atoms with van der Waals surface area (Å²) in [6.07, 6.45) is 1.66. The molecule has 0 amide bonds. The quantitative estimate of drug-likeness (QED) is 0.769. The van der Waals surface area contributed by atoms with Crippen molar-refractivity contribution in [2.45, 2.75) is 25.8 Å². The van der Waals surface area contributed by atoms with Crippen LogP contribution in [0, 0.1) is 11.6 Å². The van der Waals surface area contributed by atoms with Gasteiger partial charge >= 0.3 is 0 Å². The highest BCUT2D eigenvalue weighted by atomic mass is 79.9. The van der Waals surface area contributed by atoms with Gasteiger partial charge in [-0.15, -0.1) is 0 Å². The Bertz CT molecular complexity index is 601. The van der Waals surface area contributed by atoms with Gasteiger partial charge in [0.05, 0.1) is 4.47 Å². The summed E-state index contributed by atoms with van der Waals surface area (Å²) in [5.74, 6) is -0.513.